The summed E-state index contributed by atoms with van der Waals surface area (Å²) in [5.41, 5.74) is 0. The van der Waals surface area contributed by atoms with Crippen LogP contribution in [0.25, 0.3) is 0 Å². The number of anilines is 1. The number of carbonyl (C=O) groups is 1. The lowest BCUT2D eigenvalue weighted by Gasteiger charge is -2.39. The van der Waals surface area contributed by atoms with Gasteiger partial charge in [0.25, 0.3) is 0 Å². The van der Waals surface area contributed by atoms with Gasteiger partial charge in [0.1, 0.15) is 5.82 Å². The predicted molar refractivity (Wildman–Crippen MR) is 82.8 cm³/mol. The Labute approximate surface area is 130 Å². The maximum absolute atomic E-state index is 12.5. The van der Waals surface area contributed by atoms with Crippen molar-refractivity contribution in [3.63, 3.8) is 0 Å². The Balaban J connectivity index is 1.53. The molecule has 22 heavy (non-hydrogen) atoms. The van der Waals surface area contributed by atoms with Crippen molar-refractivity contribution >= 4 is 11.8 Å². The van der Waals surface area contributed by atoms with E-state index < -0.39 is 0 Å². The number of nitrogens with zero attached hydrogens (tertiary/aromatic N) is 5. The van der Waals surface area contributed by atoms with Crippen LogP contribution in [0.15, 0.2) is 18.6 Å². The number of carbonyl (C=O) groups excluding carboxylic acids is 1. The number of rotatable bonds is 2. The second-order valence-electron chi connectivity index (χ2n) is 5.77. The van der Waals surface area contributed by atoms with Crippen LogP contribution < -0.4 is 4.90 Å². The third-order valence-corrected chi connectivity index (χ3v) is 4.47. The summed E-state index contributed by atoms with van der Waals surface area (Å²) >= 11 is 0. The molecule has 0 atom stereocenters. The Morgan fingerprint density at radius 1 is 1.23 bits per heavy atom. The zero-order valence-corrected chi connectivity index (χ0v) is 13.0. The van der Waals surface area contributed by atoms with Gasteiger partial charge in [-0.15, -0.1) is 0 Å². The number of aromatic nitrogens is 2. The van der Waals surface area contributed by atoms with Gasteiger partial charge in [0.15, 0.2) is 0 Å². The molecule has 0 aromatic carbocycles. The molecule has 0 unspecified atom stereocenters. The second-order valence-corrected chi connectivity index (χ2v) is 5.77. The van der Waals surface area contributed by atoms with Gasteiger partial charge < -0.3 is 19.4 Å². The van der Waals surface area contributed by atoms with E-state index in [4.69, 9.17) is 4.74 Å². The summed E-state index contributed by atoms with van der Waals surface area (Å²) in [6.07, 6.45) is 7.12. The molecular weight excluding hydrogens is 282 g/mol. The number of hydrogen-bond donors (Lipinski definition) is 0. The van der Waals surface area contributed by atoms with Gasteiger partial charge in [-0.1, -0.05) is 0 Å². The minimum absolute atomic E-state index is 0.126. The van der Waals surface area contributed by atoms with Gasteiger partial charge >= 0.3 is 6.03 Å². The fourth-order valence-electron chi connectivity index (χ4n) is 3.07. The normalized spacial score (nSPS) is 20.0. The van der Waals surface area contributed by atoms with Crippen LogP contribution in [0.5, 0.6) is 0 Å². The molecular formula is C15H23N5O2. The third kappa shape index (κ3) is 3.30. The first-order valence-electron chi connectivity index (χ1n) is 7.86. The van der Waals surface area contributed by atoms with E-state index in [0.717, 1.165) is 31.7 Å². The van der Waals surface area contributed by atoms with Crippen molar-refractivity contribution in [3.8, 4) is 0 Å². The van der Waals surface area contributed by atoms with Crippen molar-refractivity contribution < 1.29 is 9.53 Å². The van der Waals surface area contributed by atoms with Crippen molar-refractivity contribution in [3.05, 3.63) is 18.6 Å². The van der Waals surface area contributed by atoms with Crippen molar-refractivity contribution in [2.75, 3.05) is 51.3 Å². The quantitative estimate of drug-likeness (QED) is 0.810. The van der Waals surface area contributed by atoms with Gasteiger partial charge in [0.05, 0.1) is 19.4 Å². The largest absolute Gasteiger partial charge is 0.378 e. The molecule has 0 N–H and O–H groups in total. The fourth-order valence-corrected chi connectivity index (χ4v) is 3.07. The Hall–Kier alpha value is -1.89. The van der Waals surface area contributed by atoms with Gasteiger partial charge in [0.2, 0.25) is 0 Å². The number of urea groups is 1. The molecule has 0 radical (unpaired) electrons. The molecule has 0 saturated carbocycles. The molecule has 3 rings (SSSR count). The zero-order valence-electron chi connectivity index (χ0n) is 13.0. The lowest BCUT2D eigenvalue weighted by Crippen LogP contribution is -2.52. The van der Waals surface area contributed by atoms with Crippen LogP contribution in [0.3, 0.4) is 0 Å². The molecule has 2 fully saturated rings. The van der Waals surface area contributed by atoms with Crippen molar-refractivity contribution in [2.24, 2.45) is 0 Å². The molecule has 2 aliphatic rings. The average molecular weight is 305 g/mol. The third-order valence-electron chi connectivity index (χ3n) is 4.47. The molecule has 2 aliphatic heterocycles. The fraction of sp³-hybridized carbons (Fsp3) is 0.667. The Morgan fingerprint density at radius 2 is 1.95 bits per heavy atom. The molecule has 0 aliphatic carbocycles. The van der Waals surface area contributed by atoms with E-state index in [-0.39, 0.29) is 6.03 Å². The van der Waals surface area contributed by atoms with Gasteiger partial charge in [-0.05, 0) is 12.8 Å². The van der Waals surface area contributed by atoms with Crippen LogP contribution >= 0.6 is 0 Å². The van der Waals surface area contributed by atoms with E-state index in [1.807, 2.05) is 16.8 Å². The number of piperidine rings is 1. The first kappa shape index (κ1) is 15.0. The smallest absolute Gasteiger partial charge is 0.320 e. The van der Waals surface area contributed by atoms with Crippen LogP contribution in [0.4, 0.5) is 10.6 Å². The van der Waals surface area contributed by atoms with E-state index in [9.17, 15) is 4.79 Å². The molecule has 7 heteroatoms. The molecule has 0 bridgehead atoms. The number of hydrogen-bond acceptors (Lipinski definition) is 5. The highest BCUT2D eigenvalue weighted by atomic mass is 16.5. The minimum Gasteiger partial charge on any atom is -0.378 e. The number of ether oxygens (including phenoxy) is 1. The first-order valence-corrected chi connectivity index (χ1v) is 7.86. The van der Waals surface area contributed by atoms with Gasteiger partial charge in [0, 0.05) is 51.7 Å². The van der Waals surface area contributed by atoms with E-state index in [1.165, 1.54) is 0 Å². The van der Waals surface area contributed by atoms with Gasteiger partial charge in [-0.3, -0.25) is 4.98 Å². The zero-order chi connectivity index (χ0) is 15.4. The number of morpholine rings is 1. The molecule has 7 nitrogen and oxygen atoms in total. The highest BCUT2D eigenvalue weighted by molar-refractivity contribution is 5.74. The summed E-state index contributed by atoms with van der Waals surface area (Å²) in [7, 11) is 1.92. The van der Waals surface area contributed by atoms with Crippen molar-refractivity contribution in [2.45, 2.75) is 18.9 Å². The van der Waals surface area contributed by atoms with Crippen molar-refractivity contribution in [1.82, 2.24) is 19.8 Å². The molecule has 2 saturated heterocycles. The summed E-state index contributed by atoms with van der Waals surface area (Å²) in [6, 6.07) is 0.421. The molecule has 120 valence electrons. The number of amides is 2. The summed E-state index contributed by atoms with van der Waals surface area (Å²) in [5, 5.41) is 0. The molecule has 1 aromatic heterocycles. The maximum Gasteiger partial charge on any atom is 0.320 e. The van der Waals surface area contributed by atoms with Crippen LogP contribution in [-0.4, -0.2) is 78.3 Å². The molecule has 0 spiro atoms. The van der Waals surface area contributed by atoms with Gasteiger partial charge in [-0.25, -0.2) is 9.78 Å². The highest BCUT2D eigenvalue weighted by Gasteiger charge is 2.29. The Kier molecular flexibility index (Phi) is 4.72. The van der Waals surface area contributed by atoms with Crippen LogP contribution in [0.1, 0.15) is 12.8 Å². The minimum atomic E-state index is 0.126. The topological polar surface area (TPSA) is 61.8 Å². The van der Waals surface area contributed by atoms with Crippen LogP contribution in [-0.2, 0) is 4.74 Å². The lowest BCUT2D eigenvalue weighted by molar-refractivity contribution is 0.0409. The summed E-state index contributed by atoms with van der Waals surface area (Å²) in [4.78, 5) is 27.0. The van der Waals surface area contributed by atoms with Crippen molar-refractivity contribution in [1.29, 1.82) is 0 Å². The van der Waals surface area contributed by atoms with Crippen LogP contribution in [0.2, 0.25) is 0 Å². The predicted octanol–water partition coefficient (Wildman–Crippen LogP) is 0.829. The highest BCUT2D eigenvalue weighted by Crippen LogP contribution is 2.20. The van der Waals surface area contributed by atoms with Gasteiger partial charge in [-0.2, -0.15) is 0 Å². The summed E-state index contributed by atoms with van der Waals surface area (Å²) in [6.45, 7) is 4.49. The molecule has 1 aromatic rings. The Morgan fingerprint density at radius 3 is 2.59 bits per heavy atom. The van der Waals surface area contributed by atoms with E-state index in [2.05, 4.69) is 14.9 Å². The second kappa shape index (κ2) is 6.91. The summed E-state index contributed by atoms with van der Waals surface area (Å²) < 4.78 is 5.31. The van der Waals surface area contributed by atoms with E-state index in [0.29, 0.717) is 32.3 Å². The summed E-state index contributed by atoms with van der Waals surface area (Å²) in [5.74, 6) is 0.920. The molecule has 2 amide bonds. The average Bonchev–Trinajstić information content (AvgIpc) is 2.62. The van der Waals surface area contributed by atoms with E-state index >= 15 is 0 Å². The monoisotopic (exact) mass is 305 g/mol. The lowest BCUT2D eigenvalue weighted by atomic mass is 10.0. The first-order chi connectivity index (χ1) is 10.8. The van der Waals surface area contributed by atoms with E-state index in [1.54, 1.807) is 18.6 Å². The molecule has 3 heterocycles. The Bertz CT molecular complexity index is 484. The SMILES string of the molecule is CN(C(=O)N1CCOCC1)C1CCN(c2cnccn2)CC1. The van der Waals surface area contributed by atoms with Crippen LogP contribution in [0, 0.1) is 0 Å². The standard InChI is InChI=1S/C15H23N5O2/c1-18(15(21)20-8-10-22-11-9-20)13-2-6-19(7-3-13)14-12-16-4-5-17-14/h4-5,12-13H,2-3,6-11H2,1H3. The maximum atomic E-state index is 12.5.